The minimum absolute atomic E-state index is 0.00616. The van der Waals surface area contributed by atoms with Crippen LogP contribution in [0.5, 0.6) is 0 Å². The molecule has 94 valence electrons. The van der Waals surface area contributed by atoms with E-state index in [1.165, 1.54) is 4.88 Å². The van der Waals surface area contributed by atoms with E-state index < -0.39 is 0 Å². The van der Waals surface area contributed by atoms with Gasteiger partial charge in [-0.15, -0.1) is 11.3 Å². The maximum Gasteiger partial charge on any atom is 0.239 e. The number of para-hydroxylation sites is 1. The van der Waals surface area contributed by atoms with Gasteiger partial charge in [0, 0.05) is 10.6 Å². The molecule has 1 amide bonds. The van der Waals surface area contributed by atoms with Crippen LogP contribution in [-0.2, 0) is 11.3 Å². The molecule has 2 rings (SSSR count). The van der Waals surface area contributed by atoms with Crippen LogP contribution in [-0.4, -0.2) is 12.5 Å². The van der Waals surface area contributed by atoms with Crippen LogP contribution < -0.4 is 10.6 Å². The molecule has 1 aromatic heterocycles. The van der Waals surface area contributed by atoms with E-state index in [-0.39, 0.29) is 5.91 Å². The second kappa shape index (κ2) is 6.21. The van der Waals surface area contributed by atoms with Crippen LogP contribution >= 0.6 is 11.3 Å². The summed E-state index contributed by atoms with van der Waals surface area (Å²) in [4.78, 5) is 12.8. The summed E-state index contributed by atoms with van der Waals surface area (Å²) in [6.45, 7) is 2.92. The maximum absolute atomic E-state index is 11.7. The second-order valence-corrected chi connectivity index (χ2v) is 5.06. The number of hydrogen-bond acceptors (Lipinski definition) is 3. The molecule has 4 heteroatoms. The zero-order valence-electron chi connectivity index (χ0n) is 10.3. The molecule has 18 heavy (non-hydrogen) atoms. The van der Waals surface area contributed by atoms with Gasteiger partial charge in [0.1, 0.15) is 0 Å². The molecule has 0 fully saturated rings. The van der Waals surface area contributed by atoms with Crippen molar-refractivity contribution in [3.05, 3.63) is 52.2 Å². The van der Waals surface area contributed by atoms with E-state index in [0.29, 0.717) is 13.1 Å². The van der Waals surface area contributed by atoms with Crippen molar-refractivity contribution < 1.29 is 4.79 Å². The molecular weight excluding hydrogens is 244 g/mol. The zero-order valence-corrected chi connectivity index (χ0v) is 11.1. The van der Waals surface area contributed by atoms with Crippen molar-refractivity contribution in [2.24, 2.45) is 0 Å². The number of thiophene rings is 1. The van der Waals surface area contributed by atoms with Gasteiger partial charge in [-0.3, -0.25) is 4.79 Å². The quantitative estimate of drug-likeness (QED) is 0.868. The summed E-state index contributed by atoms with van der Waals surface area (Å²) in [7, 11) is 0. The predicted molar refractivity (Wildman–Crippen MR) is 75.8 cm³/mol. The first-order chi connectivity index (χ1) is 8.75. The number of benzene rings is 1. The number of carbonyl (C=O) groups excluding carboxylic acids is 1. The van der Waals surface area contributed by atoms with E-state index in [9.17, 15) is 4.79 Å². The smallest absolute Gasteiger partial charge is 0.239 e. The van der Waals surface area contributed by atoms with Crippen molar-refractivity contribution in [3.63, 3.8) is 0 Å². The lowest BCUT2D eigenvalue weighted by atomic mass is 10.2. The predicted octanol–water partition coefficient (Wildman–Crippen LogP) is 2.78. The number of carbonyl (C=O) groups is 1. The van der Waals surface area contributed by atoms with E-state index in [1.54, 1.807) is 11.3 Å². The van der Waals surface area contributed by atoms with Crippen LogP contribution in [0.3, 0.4) is 0 Å². The molecule has 1 aromatic carbocycles. The van der Waals surface area contributed by atoms with Crippen LogP contribution in [0.4, 0.5) is 5.69 Å². The normalized spacial score (nSPS) is 10.1. The lowest BCUT2D eigenvalue weighted by Crippen LogP contribution is -2.29. The fourth-order valence-corrected chi connectivity index (χ4v) is 2.25. The summed E-state index contributed by atoms with van der Waals surface area (Å²) < 4.78 is 0. The van der Waals surface area contributed by atoms with Crippen molar-refractivity contribution in [1.29, 1.82) is 0 Å². The molecule has 0 aliphatic carbocycles. The summed E-state index contributed by atoms with van der Waals surface area (Å²) in [5, 5.41) is 8.02. The average molecular weight is 260 g/mol. The Morgan fingerprint density at radius 2 is 2.06 bits per heavy atom. The highest BCUT2D eigenvalue weighted by Crippen LogP contribution is 2.12. The molecule has 0 unspecified atom stereocenters. The monoisotopic (exact) mass is 260 g/mol. The first-order valence-electron chi connectivity index (χ1n) is 5.84. The van der Waals surface area contributed by atoms with Crippen molar-refractivity contribution in [3.8, 4) is 0 Å². The van der Waals surface area contributed by atoms with E-state index in [1.807, 2.05) is 48.7 Å². The minimum Gasteiger partial charge on any atom is -0.376 e. The third kappa shape index (κ3) is 3.60. The standard InChI is InChI=1S/C14H16N2OS/c1-11-5-2-3-7-13(11)15-10-14(17)16-9-12-6-4-8-18-12/h2-8,15H,9-10H2,1H3,(H,16,17). The van der Waals surface area contributed by atoms with Gasteiger partial charge in [0.25, 0.3) is 0 Å². The fraction of sp³-hybridized carbons (Fsp3) is 0.214. The number of rotatable bonds is 5. The molecule has 0 bridgehead atoms. The molecule has 2 aromatic rings. The Morgan fingerprint density at radius 3 is 2.78 bits per heavy atom. The van der Waals surface area contributed by atoms with Gasteiger partial charge < -0.3 is 10.6 Å². The highest BCUT2D eigenvalue weighted by Gasteiger charge is 2.02. The summed E-state index contributed by atoms with van der Waals surface area (Å²) in [5.74, 6) is 0.00616. The van der Waals surface area contributed by atoms with Gasteiger partial charge in [0.2, 0.25) is 5.91 Å². The SMILES string of the molecule is Cc1ccccc1NCC(=O)NCc1cccs1. The molecule has 0 atom stereocenters. The van der Waals surface area contributed by atoms with Crippen molar-refractivity contribution in [1.82, 2.24) is 5.32 Å². The Labute approximate surface area is 111 Å². The van der Waals surface area contributed by atoms with Crippen LogP contribution in [0.1, 0.15) is 10.4 Å². The molecule has 0 spiro atoms. The van der Waals surface area contributed by atoms with Crippen LogP contribution in [0.15, 0.2) is 41.8 Å². The number of anilines is 1. The molecule has 0 saturated carbocycles. The van der Waals surface area contributed by atoms with Gasteiger partial charge in [0.05, 0.1) is 13.1 Å². The van der Waals surface area contributed by atoms with Crippen LogP contribution in [0.25, 0.3) is 0 Å². The molecule has 0 radical (unpaired) electrons. The molecule has 0 aliphatic rings. The largest absolute Gasteiger partial charge is 0.376 e. The third-order valence-electron chi connectivity index (χ3n) is 2.62. The topological polar surface area (TPSA) is 41.1 Å². The Hall–Kier alpha value is -1.81. The minimum atomic E-state index is 0.00616. The third-order valence-corrected chi connectivity index (χ3v) is 3.50. The molecule has 3 nitrogen and oxygen atoms in total. The Kier molecular flexibility index (Phi) is 4.36. The number of nitrogens with one attached hydrogen (secondary N) is 2. The maximum atomic E-state index is 11.7. The number of hydrogen-bond donors (Lipinski definition) is 2. The Balaban J connectivity index is 1.77. The zero-order chi connectivity index (χ0) is 12.8. The lowest BCUT2D eigenvalue weighted by Gasteiger charge is -2.09. The van der Waals surface area contributed by atoms with Gasteiger partial charge in [-0.25, -0.2) is 0 Å². The van der Waals surface area contributed by atoms with E-state index in [4.69, 9.17) is 0 Å². The van der Waals surface area contributed by atoms with Gasteiger partial charge in [-0.1, -0.05) is 24.3 Å². The molecule has 0 aliphatic heterocycles. The lowest BCUT2D eigenvalue weighted by molar-refractivity contribution is -0.119. The summed E-state index contributed by atoms with van der Waals surface area (Å²) >= 11 is 1.65. The molecular formula is C14H16N2OS. The molecule has 0 saturated heterocycles. The number of aryl methyl sites for hydroxylation is 1. The van der Waals surface area contributed by atoms with Crippen LogP contribution in [0, 0.1) is 6.92 Å². The van der Waals surface area contributed by atoms with Gasteiger partial charge >= 0.3 is 0 Å². The Bertz CT molecular complexity index is 508. The first-order valence-corrected chi connectivity index (χ1v) is 6.72. The van der Waals surface area contributed by atoms with Gasteiger partial charge in [0.15, 0.2) is 0 Å². The summed E-state index contributed by atoms with van der Waals surface area (Å²) in [6, 6.07) is 11.9. The first kappa shape index (κ1) is 12.6. The van der Waals surface area contributed by atoms with Gasteiger partial charge in [-0.05, 0) is 30.0 Å². The second-order valence-electron chi connectivity index (χ2n) is 4.02. The van der Waals surface area contributed by atoms with Crippen molar-refractivity contribution in [2.45, 2.75) is 13.5 Å². The van der Waals surface area contributed by atoms with Crippen LogP contribution in [0.2, 0.25) is 0 Å². The van der Waals surface area contributed by atoms with E-state index in [2.05, 4.69) is 10.6 Å². The molecule has 2 N–H and O–H groups in total. The molecule has 1 heterocycles. The summed E-state index contributed by atoms with van der Waals surface area (Å²) in [5.41, 5.74) is 2.15. The highest BCUT2D eigenvalue weighted by atomic mass is 32.1. The fourth-order valence-electron chi connectivity index (χ4n) is 1.61. The van der Waals surface area contributed by atoms with E-state index in [0.717, 1.165) is 11.3 Å². The van der Waals surface area contributed by atoms with E-state index >= 15 is 0 Å². The van der Waals surface area contributed by atoms with Gasteiger partial charge in [-0.2, -0.15) is 0 Å². The highest BCUT2D eigenvalue weighted by molar-refractivity contribution is 7.09. The number of amides is 1. The summed E-state index contributed by atoms with van der Waals surface area (Å²) in [6.07, 6.45) is 0. The Morgan fingerprint density at radius 1 is 1.22 bits per heavy atom. The average Bonchev–Trinajstić information content (AvgIpc) is 2.88. The van der Waals surface area contributed by atoms with Crippen molar-refractivity contribution >= 4 is 22.9 Å². The van der Waals surface area contributed by atoms with Crippen molar-refractivity contribution in [2.75, 3.05) is 11.9 Å².